The minimum Gasteiger partial charge on any atom is -0.350 e. The lowest BCUT2D eigenvalue weighted by Gasteiger charge is -2.30. The number of fused-ring (bicyclic) bond motifs is 1. The number of rotatable bonds is 1. The molecule has 0 amide bonds. The zero-order valence-corrected chi connectivity index (χ0v) is 12.8. The van der Waals surface area contributed by atoms with Crippen LogP contribution in [0.1, 0.15) is 16.8 Å². The number of hydrogen-bond donors (Lipinski definition) is 0. The molecule has 4 nitrogen and oxygen atoms in total. The smallest absolute Gasteiger partial charge is 0.163 e. The van der Waals surface area contributed by atoms with E-state index in [-0.39, 0.29) is 0 Å². The fourth-order valence-corrected chi connectivity index (χ4v) is 3.15. The molecule has 1 aliphatic rings. The third-order valence-electron chi connectivity index (χ3n) is 3.39. The van der Waals surface area contributed by atoms with E-state index in [1.165, 1.54) is 5.56 Å². The molecule has 20 heavy (non-hydrogen) atoms. The van der Waals surface area contributed by atoms with Gasteiger partial charge in [0.2, 0.25) is 0 Å². The third-order valence-corrected chi connectivity index (χ3v) is 4.48. The molecule has 0 bridgehead atoms. The topological polar surface area (TPSA) is 52.8 Å². The second kappa shape index (κ2) is 5.39. The van der Waals surface area contributed by atoms with Crippen molar-refractivity contribution >= 4 is 33.3 Å². The van der Waals surface area contributed by atoms with Gasteiger partial charge in [-0.05, 0) is 41.8 Å². The minimum atomic E-state index is 0.326. The molecule has 0 N–H and O–H groups in total. The van der Waals surface area contributed by atoms with Gasteiger partial charge >= 0.3 is 0 Å². The summed E-state index contributed by atoms with van der Waals surface area (Å²) in [5.41, 5.74) is 2.71. The van der Waals surface area contributed by atoms with Crippen LogP contribution in [0.15, 0.2) is 28.7 Å². The van der Waals surface area contributed by atoms with Gasteiger partial charge in [0.1, 0.15) is 6.07 Å². The van der Waals surface area contributed by atoms with E-state index in [1.807, 2.05) is 24.3 Å². The first kappa shape index (κ1) is 13.3. The van der Waals surface area contributed by atoms with Crippen molar-refractivity contribution in [1.29, 1.82) is 5.26 Å². The highest BCUT2D eigenvalue weighted by atomic mass is 79.9. The lowest BCUT2D eigenvalue weighted by molar-refractivity contribution is 0.710. The molecular formula is C14H10BrClN4. The minimum absolute atomic E-state index is 0.326. The number of aromatic nitrogens is 2. The Morgan fingerprint density at radius 2 is 2.05 bits per heavy atom. The summed E-state index contributed by atoms with van der Waals surface area (Å²) in [6.07, 6.45) is 0.901. The Kier molecular flexibility index (Phi) is 3.60. The van der Waals surface area contributed by atoms with Crippen molar-refractivity contribution in [2.24, 2.45) is 0 Å². The van der Waals surface area contributed by atoms with Gasteiger partial charge in [0, 0.05) is 22.6 Å². The van der Waals surface area contributed by atoms with Crippen LogP contribution >= 0.6 is 27.5 Å². The molecule has 0 saturated carbocycles. The van der Waals surface area contributed by atoms with E-state index in [0.29, 0.717) is 12.2 Å². The van der Waals surface area contributed by atoms with Gasteiger partial charge in [0.05, 0.1) is 0 Å². The van der Waals surface area contributed by atoms with Crippen LogP contribution in [0, 0.1) is 11.3 Å². The average molecular weight is 350 g/mol. The summed E-state index contributed by atoms with van der Waals surface area (Å²) < 4.78 is 1.10. The van der Waals surface area contributed by atoms with E-state index in [4.69, 9.17) is 16.9 Å². The van der Waals surface area contributed by atoms with Crippen molar-refractivity contribution in [2.75, 3.05) is 11.4 Å². The predicted molar refractivity (Wildman–Crippen MR) is 80.7 cm³/mol. The van der Waals surface area contributed by atoms with Gasteiger partial charge in [0.15, 0.2) is 11.5 Å². The first-order valence-electron chi connectivity index (χ1n) is 6.13. The average Bonchev–Trinajstić information content (AvgIpc) is 2.51. The molecule has 6 heteroatoms. The van der Waals surface area contributed by atoms with E-state index < -0.39 is 0 Å². The quantitative estimate of drug-likeness (QED) is 0.792. The first-order chi connectivity index (χ1) is 9.69. The summed E-state index contributed by atoms with van der Waals surface area (Å²) in [5, 5.41) is 17.5. The van der Waals surface area contributed by atoms with Gasteiger partial charge in [-0.15, -0.1) is 10.2 Å². The van der Waals surface area contributed by atoms with Crippen molar-refractivity contribution in [1.82, 2.24) is 10.2 Å². The monoisotopic (exact) mass is 348 g/mol. The Bertz CT molecular complexity index is 694. The maximum Gasteiger partial charge on any atom is 0.163 e. The van der Waals surface area contributed by atoms with E-state index in [9.17, 15) is 0 Å². The highest BCUT2D eigenvalue weighted by molar-refractivity contribution is 9.10. The standard InChI is InChI=1S/C14H10BrClN4/c15-12-2-3-13(16)11-8-20(6-5-10(11)12)14-4-1-9(7-17)18-19-14/h1-4H,5-6,8H2. The van der Waals surface area contributed by atoms with Crippen LogP contribution < -0.4 is 4.90 Å². The molecule has 0 radical (unpaired) electrons. The molecule has 3 rings (SSSR count). The van der Waals surface area contributed by atoms with E-state index >= 15 is 0 Å². The Hall–Kier alpha value is -1.64. The van der Waals surface area contributed by atoms with Crippen molar-refractivity contribution in [3.63, 3.8) is 0 Å². The molecule has 0 unspecified atom stereocenters. The molecule has 0 fully saturated rings. The summed E-state index contributed by atoms with van der Waals surface area (Å²) in [5.74, 6) is 0.769. The Balaban J connectivity index is 1.92. The highest BCUT2D eigenvalue weighted by Crippen LogP contribution is 2.33. The molecular weight excluding hydrogens is 340 g/mol. The maximum absolute atomic E-state index is 8.75. The number of benzene rings is 1. The van der Waals surface area contributed by atoms with Crippen molar-refractivity contribution in [3.8, 4) is 6.07 Å². The molecule has 2 heterocycles. The van der Waals surface area contributed by atoms with Crippen LogP contribution in [0.2, 0.25) is 5.02 Å². The molecule has 100 valence electrons. The van der Waals surface area contributed by atoms with Crippen molar-refractivity contribution < 1.29 is 0 Å². The van der Waals surface area contributed by atoms with Crippen LogP contribution in [0.25, 0.3) is 0 Å². The van der Waals surface area contributed by atoms with Crippen LogP contribution in [0.5, 0.6) is 0 Å². The molecule has 0 atom stereocenters. The molecule has 0 saturated heterocycles. The summed E-state index contributed by atoms with van der Waals surface area (Å²) in [7, 11) is 0. The van der Waals surface area contributed by atoms with Crippen LogP contribution in [-0.2, 0) is 13.0 Å². The fraction of sp³-hybridized carbons (Fsp3) is 0.214. The van der Waals surface area contributed by atoms with Crippen molar-refractivity contribution in [3.05, 3.63) is 50.6 Å². The van der Waals surface area contributed by atoms with Crippen LogP contribution in [0.4, 0.5) is 5.82 Å². The highest BCUT2D eigenvalue weighted by Gasteiger charge is 2.21. The Labute approximate surface area is 130 Å². The SMILES string of the molecule is N#Cc1ccc(N2CCc3c(Br)ccc(Cl)c3C2)nn1. The van der Waals surface area contributed by atoms with Gasteiger partial charge in [-0.3, -0.25) is 0 Å². The Morgan fingerprint density at radius 1 is 1.20 bits per heavy atom. The summed E-state index contributed by atoms with van der Waals surface area (Å²) in [6.45, 7) is 1.56. The number of hydrogen-bond acceptors (Lipinski definition) is 4. The van der Waals surface area contributed by atoms with Crippen LogP contribution in [-0.4, -0.2) is 16.7 Å². The predicted octanol–water partition coefficient (Wildman–Crippen LogP) is 3.33. The Morgan fingerprint density at radius 3 is 2.75 bits per heavy atom. The van der Waals surface area contributed by atoms with Gasteiger partial charge in [0.25, 0.3) is 0 Å². The molecule has 1 aromatic carbocycles. The van der Waals surface area contributed by atoms with Gasteiger partial charge in [-0.2, -0.15) is 5.26 Å². The third kappa shape index (κ3) is 2.37. The first-order valence-corrected chi connectivity index (χ1v) is 7.30. The lowest BCUT2D eigenvalue weighted by Crippen LogP contribution is -2.31. The van der Waals surface area contributed by atoms with E-state index in [2.05, 4.69) is 31.0 Å². The second-order valence-corrected chi connectivity index (χ2v) is 5.81. The normalized spacial score (nSPS) is 13.8. The van der Waals surface area contributed by atoms with Gasteiger partial charge < -0.3 is 4.90 Å². The summed E-state index contributed by atoms with van der Waals surface area (Å²) in [6, 6.07) is 9.36. The summed E-state index contributed by atoms with van der Waals surface area (Å²) in [4.78, 5) is 2.12. The van der Waals surface area contributed by atoms with Gasteiger partial charge in [-0.25, -0.2) is 0 Å². The maximum atomic E-state index is 8.75. The molecule has 0 aliphatic carbocycles. The number of anilines is 1. The molecule has 1 aliphatic heterocycles. The fourth-order valence-electron chi connectivity index (χ4n) is 2.34. The van der Waals surface area contributed by atoms with Crippen LogP contribution in [0.3, 0.4) is 0 Å². The summed E-state index contributed by atoms with van der Waals surface area (Å²) >= 11 is 9.86. The number of halogens is 2. The van der Waals surface area contributed by atoms with Gasteiger partial charge in [-0.1, -0.05) is 27.5 Å². The zero-order valence-electron chi connectivity index (χ0n) is 10.5. The molecule has 0 spiro atoms. The second-order valence-electron chi connectivity index (χ2n) is 4.55. The lowest BCUT2D eigenvalue weighted by atomic mass is 10.00. The molecule has 1 aromatic heterocycles. The van der Waals surface area contributed by atoms with E-state index in [1.54, 1.807) is 6.07 Å². The van der Waals surface area contributed by atoms with Crippen molar-refractivity contribution in [2.45, 2.75) is 13.0 Å². The largest absolute Gasteiger partial charge is 0.350 e. The van der Waals surface area contributed by atoms with E-state index in [0.717, 1.165) is 33.8 Å². The zero-order chi connectivity index (χ0) is 14.1. The number of nitriles is 1. The molecule has 2 aromatic rings. The number of nitrogens with zero attached hydrogens (tertiary/aromatic N) is 4.